The molecular formula is C15H15ClFNO. The Morgan fingerprint density at radius 3 is 2.68 bits per heavy atom. The molecule has 0 unspecified atom stereocenters. The van der Waals surface area contributed by atoms with Gasteiger partial charge in [0.25, 0.3) is 0 Å². The van der Waals surface area contributed by atoms with Crippen molar-refractivity contribution in [2.45, 2.75) is 26.1 Å². The van der Waals surface area contributed by atoms with Crippen LogP contribution in [0.25, 0.3) is 0 Å². The van der Waals surface area contributed by atoms with Crippen LogP contribution in [-0.4, -0.2) is 4.98 Å². The number of rotatable bonds is 4. The van der Waals surface area contributed by atoms with Crippen LogP contribution in [0, 0.1) is 12.7 Å². The Hall–Kier alpha value is -1.61. The molecule has 0 saturated carbocycles. The monoisotopic (exact) mass is 279 g/mol. The van der Waals surface area contributed by atoms with Crippen molar-refractivity contribution in [2.24, 2.45) is 0 Å². The van der Waals surface area contributed by atoms with Crippen LogP contribution in [0.1, 0.15) is 23.7 Å². The molecule has 0 N–H and O–H groups in total. The molecule has 0 aliphatic carbocycles. The zero-order chi connectivity index (χ0) is 13.8. The second kappa shape index (κ2) is 6.02. The molecule has 0 spiro atoms. The fraction of sp³-hybridized carbons (Fsp3) is 0.267. The van der Waals surface area contributed by atoms with Gasteiger partial charge in [-0.3, -0.25) is 0 Å². The van der Waals surface area contributed by atoms with Gasteiger partial charge in [0.1, 0.15) is 11.6 Å². The van der Waals surface area contributed by atoms with Crippen LogP contribution in [0.2, 0.25) is 0 Å². The third-order valence-corrected chi connectivity index (χ3v) is 3.09. The van der Waals surface area contributed by atoms with E-state index in [1.54, 1.807) is 19.1 Å². The summed E-state index contributed by atoms with van der Waals surface area (Å²) in [7, 11) is 0. The van der Waals surface area contributed by atoms with Gasteiger partial charge in [0.15, 0.2) is 0 Å². The molecule has 0 radical (unpaired) electrons. The molecule has 0 aliphatic heterocycles. The second-order valence-corrected chi connectivity index (χ2v) is 4.57. The number of pyridine rings is 1. The van der Waals surface area contributed by atoms with E-state index in [0.29, 0.717) is 17.5 Å². The molecule has 0 amide bonds. The number of halogens is 2. The normalized spacial score (nSPS) is 10.5. The van der Waals surface area contributed by atoms with Crippen LogP contribution in [0.15, 0.2) is 30.3 Å². The smallest absolute Gasteiger partial charge is 0.219 e. The van der Waals surface area contributed by atoms with E-state index in [4.69, 9.17) is 16.3 Å². The van der Waals surface area contributed by atoms with E-state index in [1.165, 1.54) is 12.1 Å². The predicted octanol–water partition coefficient (Wildman–Crippen LogP) is 4.62. The number of benzene rings is 1. The average Bonchev–Trinajstić information content (AvgIpc) is 2.41. The molecule has 2 rings (SSSR count). The van der Waals surface area contributed by atoms with Crippen LogP contribution in [0.4, 0.5) is 4.39 Å². The van der Waals surface area contributed by atoms with Crippen molar-refractivity contribution in [3.8, 4) is 11.6 Å². The Bertz CT molecular complexity index is 564. The minimum Gasteiger partial charge on any atom is -0.439 e. The number of alkyl halides is 1. The number of hydrogen-bond acceptors (Lipinski definition) is 2. The van der Waals surface area contributed by atoms with Gasteiger partial charge >= 0.3 is 0 Å². The van der Waals surface area contributed by atoms with Crippen LogP contribution in [0.3, 0.4) is 0 Å². The molecular weight excluding hydrogens is 265 g/mol. The van der Waals surface area contributed by atoms with Crippen molar-refractivity contribution in [1.82, 2.24) is 4.98 Å². The lowest BCUT2D eigenvalue weighted by atomic mass is 10.2. The molecule has 4 heteroatoms. The number of aromatic nitrogens is 1. The maximum absolute atomic E-state index is 13.0. The Kier molecular flexibility index (Phi) is 4.38. The molecule has 0 bridgehead atoms. The first-order valence-electron chi connectivity index (χ1n) is 6.12. The number of hydrogen-bond donors (Lipinski definition) is 0. The van der Waals surface area contributed by atoms with Crippen molar-refractivity contribution in [3.63, 3.8) is 0 Å². The van der Waals surface area contributed by atoms with E-state index in [9.17, 15) is 4.39 Å². The summed E-state index contributed by atoms with van der Waals surface area (Å²) in [5.74, 6) is 1.22. The van der Waals surface area contributed by atoms with E-state index in [-0.39, 0.29) is 5.82 Å². The SMILES string of the molecule is CCc1cc(CCl)cc(Oc2ccc(F)cc2C)n1. The maximum atomic E-state index is 13.0. The Balaban J connectivity index is 2.31. The number of nitrogens with zero attached hydrogens (tertiary/aromatic N) is 1. The van der Waals surface area contributed by atoms with Crippen molar-refractivity contribution >= 4 is 11.6 Å². The van der Waals surface area contributed by atoms with Gasteiger partial charge in [-0.2, -0.15) is 0 Å². The lowest BCUT2D eigenvalue weighted by Gasteiger charge is -2.10. The highest BCUT2D eigenvalue weighted by molar-refractivity contribution is 6.17. The summed E-state index contributed by atoms with van der Waals surface area (Å²) >= 11 is 5.85. The highest BCUT2D eigenvalue weighted by Gasteiger charge is 2.06. The minimum absolute atomic E-state index is 0.276. The van der Waals surface area contributed by atoms with Crippen LogP contribution in [-0.2, 0) is 12.3 Å². The highest BCUT2D eigenvalue weighted by Crippen LogP contribution is 2.25. The quantitative estimate of drug-likeness (QED) is 0.762. The number of aryl methyl sites for hydroxylation is 2. The Labute approximate surface area is 117 Å². The van der Waals surface area contributed by atoms with Crippen molar-refractivity contribution in [1.29, 1.82) is 0 Å². The average molecular weight is 280 g/mol. The topological polar surface area (TPSA) is 22.1 Å². The lowest BCUT2D eigenvalue weighted by Crippen LogP contribution is -1.96. The van der Waals surface area contributed by atoms with Crippen molar-refractivity contribution < 1.29 is 9.13 Å². The van der Waals surface area contributed by atoms with Gasteiger partial charge in [-0.15, -0.1) is 11.6 Å². The van der Waals surface area contributed by atoms with E-state index >= 15 is 0 Å². The summed E-state index contributed by atoms with van der Waals surface area (Å²) in [5.41, 5.74) is 2.62. The third kappa shape index (κ3) is 3.44. The minimum atomic E-state index is -0.276. The van der Waals surface area contributed by atoms with Crippen LogP contribution in [0.5, 0.6) is 11.6 Å². The Morgan fingerprint density at radius 2 is 2.05 bits per heavy atom. The van der Waals surface area contributed by atoms with Gasteiger partial charge in [-0.25, -0.2) is 9.37 Å². The summed E-state index contributed by atoms with van der Waals surface area (Å²) in [4.78, 5) is 4.38. The predicted molar refractivity (Wildman–Crippen MR) is 74.4 cm³/mol. The van der Waals surface area contributed by atoms with Crippen LogP contribution >= 0.6 is 11.6 Å². The largest absolute Gasteiger partial charge is 0.439 e. The fourth-order valence-electron chi connectivity index (χ4n) is 1.77. The molecule has 19 heavy (non-hydrogen) atoms. The summed E-state index contributed by atoms with van der Waals surface area (Å²) in [6, 6.07) is 8.16. The maximum Gasteiger partial charge on any atom is 0.219 e. The first-order chi connectivity index (χ1) is 9.12. The number of ether oxygens (including phenoxy) is 1. The molecule has 0 fully saturated rings. The first kappa shape index (κ1) is 13.8. The summed E-state index contributed by atoms with van der Waals surface area (Å²) in [6.45, 7) is 3.82. The Morgan fingerprint density at radius 1 is 1.26 bits per heavy atom. The molecule has 2 aromatic rings. The molecule has 0 saturated heterocycles. The van der Waals surface area contributed by atoms with E-state index in [1.807, 2.05) is 13.0 Å². The van der Waals surface area contributed by atoms with Gasteiger partial charge in [0.2, 0.25) is 5.88 Å². The highest BCUT2D eigenvalue weighted by atomic mass is 35.5. The van der Waals surface area contributed by atoms with Gasteiger partial charge in [-0.1, -0.05) is 6.92 Å². The van der Waals surface area contributed by atoms with Gasteiger partial charge in [-0.05, 0) is 48.7 Å². The van der Waals surface area contributed by atoms with E-state index in [0.717, 1.165) is 23.2 Å². The van der Waals surface area contributed by atoms with Crippen molar-refractivity contribution in [3.05, 3.63) is 53.0 Å². The standard InChI is InChI=1S/C15H15ClFNO/c1-3-13-7-11(9-16)8-15(18-13)19-14-5-4-12(17)6-10(14)2/h4-8H,3,9H2,1-2H3. The second-order valence-electron chi connectivity index (χ2n) is 4.30. The van der Waals surface area contributed by atoms with Crippen molar-refractivity contribution in [2.75, 3.05) is 0 Å². The molecule has 1 heterocycles. The van der Waals surface area contributed by atoms with Gasteiger partial charge in [0.05, 0.1) is 0 Å². The van der Waals surface area contributed by atoms with E-state index in [2.05, 4.69) is 4.98 Å². The zero-order valence-corrected chi connectivity index (χ0v) is 11.7. The fourth-order valence-corrected chi connectivity index (χ4v) is 1.93. The molecule has 0 atom stereocenters. The first-order valence-corrected chi connectivity index (χ1v) is 6.65. The lowest BCUT2D eigenvalue weighted by molar-refractivity contribution is 0.455. The summed E-state index contributed by atoms with van der Waals surface area (Å²) in [6.07, 6.45) is 0.809. The van der Waals surface area contributed by atoms with Crippen LogP contribution < -0.4 is 4.74 Å². The molecule has 2 nitrogen and oxygen atoms in total. The summed E-state index contributed by atoms with van der Waals surface area (Å²) in [5, 5.41) is 0. The third-order valence-electron chi connectivity index (χ3n) is 2.78. The molecule has 1 aromatic carbocycles. The van der Waals surface area contributed by atoms with Gasteiger partial charge in [0, 0.05) is 17.6 Å². The zero-order valence-electron chi connectivity index (χ0n) is 10.9. The van der Waals surface area contributed by atoms with Gasteiger partial charge < -0.3 is 4.74 Å². The summed E-state index contributed by atoms with van der Waals surface area (Å²) < 4.78 is 18.7. The molecule has 1 aromatic heterocycles. The molecule has 100 valence electrons. The molecule has 0 aliphatic rings. The van der Waals surface area contributed by atoms with E-state index < -0.39 is 0 Å².